The predicted molar refractivity (Wildman–Crippen MR) is 72.6 cm³/mol. The molecule has 1 aromatic rings. The van der Waals surface area contributed by atoms with Crippen LogP contribution in [0.1, 0.15) is 6.92 Å². The van der Waals surface area contributed by atoms with Crippen LogP contribution in [0.4, 0.5) is 5.95 Å². The van der Waals surface area contributed by atoms with Gasteiger partial charge in [0.15, 0.2) is 0 Å². The molecule has 0 amide bonds. The maximum absolute atomic E-state index is 5.15. The van der Waals surface area contributed by atoms with Crippen LogP contribution < -0.4 is 15.0 Å². The highest BCUT2D eigenvalue weighted by atomic mass is 79.9. The summed E-state index contributed by atoms with van der Waals surface area (Å²) in [6.07, 6.45) is 1.71. The zero-order valence-corrected chi connectivity index (χ0v) is 12.3. The van der Waals surface area contributed by atoms with E-state index < -0.39 is 0 Å². The third kappa shape index (κ3) is 4.12. The second-order valence-corrected chi connectivity index (χ2v) is 4.92. The van der Waals surface area contributed by atoms with E-state index >= 15 is 0 Å². The van der Waals surface area contributed by atoms with Gasteiger partial charge in [0.25, 0.3) is 0 Å². The average Bonchev–Trinajstić information content (AvgIpc) is 2.29. The van der Waals surface area contributed by atoms with E-state index in [4.69, 9.17) is 4.74 Å². The Kier molecular flexibility index (Phi) is 5.64. The number of ether oxygens (including phenoxy) is 1. The van der Waals surface area contributed by atoms with Crippen molar-refractivity contribution in [3.05, 3.63) is 10.7 Å². The Hall–Kier alpha value is -0.880. The quantitative estimate of drug-likeness (QED) is 0.864. The molecule has 0 aliphatic heterocycles. The van der Waals surface area contributed by atoms with Gasteiger partial charge in [-0.1, -0.05) is 6.92 Å². The minimum absolute atomic E-state index is 0.531. The summed E-state index contributed by atoms with van der Waals surface area (Å²) in [6.45, 7) is 4.05. The van der Waals surface area contributed by atoms with Gasteiger partial charge in [-0.15, -0.1) is 0 Å². The lowest BCUT2D eigenvalue weighted by atomic mass is 10.2. The van der Waals surface area contributed by atoms with Crippen molar-refractivity contribution < 1.29 is 4.74 Å². The molecule has 1 heterocycles. The molecule has 0 bridgehead atoms. The number of aromatic nitrogens is 2. The molecule has 0 saturated heterocycles. The van der Waals surface area contributed by atoms with Gasteiger partial charge in [0.05, 0.1) is 17.8 Å². The van der Waals surface area contributed by atoms with Gasteiger partial charge in [-0.2, -0.15) is 4.98 Å². The van der Waals surface area contributed by atoms with Gasteiger partial charge in [0.2, 0.25) is 11.8 Å². The van der Waals surface area contributed by atoms with Crippen LogP contribution in [0.25, 0.3) is 0 Å². The zero-order valence-electron chi connectivity index (χ0n) is 10.7. The topological polar surface area (TPSA) is 50.3 Å². The Balaban J connectivity index is 2.71. The van der Waals surface area contributed by atoms with E-state index in [1.807, 2.05) is 19.0 Å². The normalized spacial score (nSPS) is 12.3. The molecular formula is C11H19BrN4O. The van der Waals surface area contributed by atoms with Crippen molar-refractivity contribution in [3.8, 4) is 5.88 Å². The summed E-state index contributed by atoms with van der Waals surface area (Å²) in [5, 5.41) is 3.16. The highest BCUT2D eigenvalue weighted by Gasteiger charge is 2.11. The summed E-state index contributed by atoms with van der Waals surface area (Å²) in [6, 6.07) is 0. The van der Waals surface area contributed by atoms with Gasteiger partial charge in [-0.05, 0) is 35.4 Å². The molecule has 1 unspecified atom stereocenters. The monoisotopic (exact) mass is 302 g/mol. The molecule has 96 valence electrons. The van der Waals surface area contributed by atoms with Crippen LogP contribution in [0.3, 0.4) is 0 Å². The van der Waals surface area contributed by atoms with Crippen molar-refractivity contribution in [1.29, 1.82) is 0 Å². The zero-order chi connectivity index (χ0) is 12.8. The molecule has 5 nitrogen and oxygen atoms in total. The van der Waals surface area contributed by atoms with Crippen molar-refractivity contribution in [3.63, 3.8) is 0 Å². The first-order valence-electron chi connectivity index (χ1n) is 5.50. The number of rotatable bonds is 6. The molecule has 0 fully saturated rings. The Bertz CT molecular complexity index is 361. The summed E-state index contributed by atoms with van der Waals surface area (Å²) in [5.41, 5.74) is 0. The third-order valence-electron chi connectivity index (χ3n) is 2.37. The summed E-state index contributed by atoms with van der Waals surface area (Å²) >= 11 is 3.34. The first-order chi connectivity index (χ1) is 8.08. The predicted octanol–water partition coefficient (Wildman–Crippen LogP) is 1.54. The highest BCUT2D eigenvalue weighted by Crippen LogP contribution is 2.23. The second kappa shape index (κ2) is 6.76. The fourth-order valence-corrected chi connectivity index (χ4v) is 1.98. The summed E-state index contributed by atoms with van der Waals surface area (Å²) < 4.78 is 5.92. The maximum Gasteiger partial charge on any atom is 0.232 e. The van der Waals surface area contributed by atoms with Crippen LogP contribution in [0, 0.1) is 5.92 Å². The molecule has 1 N–H and O–H groups in total. The molecule has 17 heavy (non-hydrogen) atoms. The second-order valence-electron chi connectivity index (χ2n) is 4.07. The van der Waals surface area contributed by atoms with Gasteiger partial charge >= 0.3 is 0 Å². The molecule has 0 aliphatic rings. The van der Waals surface area contributed by atoms with E-state index in [2.05, 4.69) is 38.1 Å². The maximum atomic E-state index is 5.15. The number of hydrogen-bond donors (Lipinski definition) is 1. The van der Waals surface area contributed by atoms with Crippen molar-refractivity contribution in [2.75, 3.05) is 39.2 Å². The van der Waals surface area contributed by atoms with Crippen LogP contribution >= 0.6 is 15.9 Å². The number of methoxy groups -OCH3 is 1. The van der Waals surface area contributed by atoms with E-state index in [0.717, 1.165) is 17.6 Å². The smallest absolute Gasteiger partial charge is 0.232 e. The molecule has 1 rings (SSSR count). The van der Waals surface area contributed by atoms with Gasteiger partial charge in [0, 0.05) is 13.6 Å². The SMILES string of the molecule is CNCC(C)CN(C)c1ncc(Br)c(OC)n1. The summed E-state index contributed by atoms with van der Waals surface area (Å²) in [5.74, 6) is 1.76. The Morgan fingerprint density at radius 2 is 2.29 bits per heavy atom. The Morgan fingerprint density at radius 1 is 1.59 bits per heavy atom. The number of nitrogens with zero attached hydrogens (tertiary/aromatic N) is 3. The van der Waals surface area contributed by atoms with Gasteiger partial charge in [-0.3, -0.25) is 0 Å². The molecule has 0 aliphatic carbocycles. The van der Waals surface area contributed by atoms with Crippen molar-refractivity contribution >= 4 is 21.9 Å². The lowest BCUT2D eigenvalue weighted by Crippen LogP contribution is -2.30. The molecule has 1 aromatic heterocycles. The van der Waals surface area contributed by atoms with Crippen LogP contribution in [-0.4, -0.2) is 44.3 Å². The highest BCUT2D eigenvalue weighted by molar-refractivity contribution is 9.10. The molecule has 1 atom stereocenters. The van der Waals surface area contributed by atoms with Crippen LogP contribution in [0.2, 0.25) is 0 Å². The number of nitrogens with one attached hydrogen (secondary N) is 1. The van der Waals surface area contributed by atoms with E-state index in [1.54, 1.807) is 13.3 Å². The van der Waals surface area contributed by atoms with E-state index in [-0.39, 0.29) is 0 Å². The van der Waals surface area contributed by atoms with Crippen LogP contribution in [0.5, 0.6) is 5.88 Å². The fourth-order valence-electron chi connectivity index (χ4n) is 1.63. The first-order valence-corrected chi connectivity index (χ1v) is 6.30. The van der Waals surface area contributed by atoms with Gasteiger partial charge in [0.1, 0.15) is 0 Å². The number of hydrogen-bond acceptors (Lipinski definition) is 5. The summed E-state index contributed by atoms with van der Waals surface area (Å²) in [7, 11) is 5.53. The molecule has 6 heteroatoms. The van der Waals surface area contributed by atoms with E-state index in [0.29, 0.717) is 17.7 Å². The van der Waals surface area contributed by atoms with E-state index in [9.17, 15) is 0 Å². The van der Waals surface area contributed by atoms with Crippen molar-refractivity contribution in [1.82, 2.24) is 15.3 Å². The molecule has 0 aromatic carbocycles. The lowest BCUT2D eigenvalue weighted by molar-refractivity contribution is 0.393. The van der Waals surface area contributed by atoms with Gasteiger partial charge < -0.3 is 15.0 Å². The minimum Gasteiger partial charge on any atom is -0.480 e. The largest absolute Gasteiger partial charge is 0.480 e. The lowest BCUT2D eigenvalue weighted by Gasteiger charge is -2.21. The summed E-state index contributed by atoms with van der Waals surface area (Å²) in [4.78, 5) is 10.6. The van der Waals surface area contributed by atoms with Crippen molar-refractivity contribution in [2.45, 2.75) is 6.92 Å². The van der Waals surface area contributed by atoms with Crippen molar-refractivity contribution in [2.24, 2.45) is 5.92 Å². The standard InChI is InChI=1S/C11H19BrN4O/c1-8(5-13-2)7-16(3)11-14-6-9(12)10(15-11)17-4/h6,8,13H,5,7H2,1-4H3. The van der Waals surface area contributed by atoms with Crippen LogP contribution in [0.15, 0.2) is 10.7 Å². The number of halogens is 1. The molecule has 0 saturated carbocycles. The first kappa shape index (κ1) is 14.2. The Labute approximate surface area is 111 Å². The minimum atomic E-state index is 0.531. The van der Waals surface area contributed by atoms with Crippen LogP contribution in [-0.2, 0) is 0 Å². The fraction of sp³-hybridized carbons (Fsp3) is 0.636. The Morgan fingerprint density at radius 3 is 2.88 bits per heavy atom. The molecule has 0 spiro atoms. The average molecular weight is 303 g/mol. The molecule has 0 radical (unpaired) electrons. The molecular weight excluding hydrogens is 284 g/mol. The van der Waals surface area contributed by atoms with E-state index in [1.165, 1.54) is 0 Å². The number of anilines is 1. The van der Waals surface area contributed by atoms with Gasteiger partial charge in [-0.25, -0.2) is 4.98 Å². The third-order valence-corrected chi connectivity index (χ3v) is 2.92.